The fourth-order valence-electron chi connectivity index (χ4n) is 3.19. The van der Waals surface area contributed by atoms with Crippen molar-refractivity contribution in [1.82, 2.24) is 5.32 Å². The van der Waals surface area contributed by atoms with Gasteiger partial charge in [0.1, 0.15) is 5.82 Å². The highest BCUT2D eigenvalue weighted by atomic mass is 35.5. The maximum atomic E-state index is 13.6. The molecule has 0 aliphatic heterocycles. The Morgan fingerprint density at radius 2 is 2.25 bits per heavy atom. The standard InChI is InChI=1S/C16H17ClFNS/c1-19-16(13-9-10(18)5-6-14(13)17)12-3-2-4-15-11(12)7-8-20-15/h5-9,12,16,19H,2-4H2,1H3. The smallest absolute Gasteiger partial charge is 0.123 e. The Labute approximate surface area is 127 Å². The monoisotopic (exact) mass is 309 g/mol. The lowest BCUT2D eigenvalue weighted by molar-refractivity contribution is 0.426. The first-order valence-corrected chi connectivity index (χ1v) is 8.15. The highest BCUT2D eigenvalue weighted by Gasteiger charge is 2.30. The zero-order valence-electron chi connectivity index (χ0n) is 11.3. The van der Waals surface area contributed by atoms with Crippen LogP contribution in [-0.4, -0.2) is 7.05 Å². The molecule has 1 aromatic carbocycles. The van der Waals surface area contributed by atoms with Gasteiger partial charge >= 0.3 is 0 Å². The quantitative estimate of drug-likeness (QED) is 0.848. The second-order valence-electron chi connectivity index (χ2n) is 5.23. The average molecular weight is 310 g/mol. The van der Waals surface area contributed by atoms with Gasteiger partial charge in [-0.25, -0.2) is 4.39 Å². The number of hydrogen-bond acceptors (Lipinski definition) is 2. The molecule has 1 aliphatic rings. The third-order valence-corrected chi connectivity index (χ3v) is 5.45. The van der Waals surface area contributed by atoms with Gasteiger partial charge in [0.25, 0.3) is 0 Å². The number of hydrogen-bond donors (Lipinski definition) is 1. The Kier molecular flexibility index (Phi) is 4.11. The van der Waals surface area contributed by atoms with Gasteiger partial charge in [-0.1, -0.05) is 11.6 Å². The molecule has 1 aliphatic carbocycles. The van der Waals surface area contributed by atoms with E-state index >= 15 is 0 Å². The molecule has 1 nitrogen and oxygen atoms in total. The molecule has 0 saturated carbocycles. The molecule has 3 rings (SSSR count). The molecule has 1 heterocycles. The molecule has 0 spiro atoms. The summed E-state index contributed by atoms with van der Waals surface area (Å²) in [6.07, 6.45) is 3.46. The van der Waals surface area contributed by atoms with Crippen LogP contribution in [0.2, 0.25) is 5.02 Å². The molecule has 0 fully saturated rings. The maximum absolute atomic E-state index is 13.6. The number of fused-ring (bicyclic) bond motifs is 1. The number of aryl methyl sites for hydroxylation is 1. The highest BCUT2D eigenvalue weighted by molar-refractivity contribution is 7.10. The van der Waals surface area contributed by atoms with Crippen molar-refractivity contribution in [3.8, 4) is 0 Å². The van der Waals surface area contributed by atoms with E-state index in [-0.39, 0.29) is 11.9 Å². The van der Waals surface area contributed by atoms with E-state index in [9.17, 15) is 4.39 Å². The summed E-state index contributed by atoms with van der Waals surface area (Å²) in [7, 11) is 1.92. The predicted molar refractivity (Wildman–Crippen MR) is 83.2 cm³/mol. The van der Waals surface area contributed by atoms with Crippen LogP contribution in [0.3, 0.4) is 0 Å². The van der Waals surface area contributed by atoms with Gasteiger partial charge in [0, 0.05) is 21.9 Å². The third-order valence-electron chi connectivity index (χ3n) is 4.10. The molecule has 2 unspecified atom stereocenters. The molecule has 20 heavy (non-hydrogen) atoms. The summed E-state index contributed by atoms with van der Waals surface area (Å²) in [5.74, 6) is 0.139. The van der Waals surface area contributed by atoms with Crippen molar-refractivity contribution in [2.45, 2.75) is 31.2 Å². The van der Waals surface area contributed by atoms with Crippen LogP contribution in [0.5, 0.6) is 0 Å². The summed E-state index contributed by atoms with van der Waals surface area (Å²) in [5, 5.41) is 6.13. The van der Waals surface area contributed by atoms with E-state index in [1.54, 1.807) is 12.1 Å². The minimum Gasteiger partial charge on any atom is -0.312 e. The van der Waals surface area contributed by atoms with Gasteiger partial charge in [0.2, 0.25) is 0 Å². The molecule has 0 amide bonds. The first kappa shape index (κ1) is 14.1. The summed E-state index contributed by atoms with van der Waals surface area (Å²) < 4.78 is 13.6. The predicted octanol–water partition coefficient (Wildman–Crippen LogP) is 4.92. The van der Waals surface area contributed by atoms with E-state index in [4.69, 9.17) is 11.6 Å². The summed E-state index contributed by atoms with van der Waals surface area (Å²) in [5.41, 5.74) is 2.26. The van der Waals surface area contributed by atoms with Crippen molar-refractivity contribution in [3.63, 3.8) is 0 Å². The van der Waals surface area contributed by atoms with Crippen LogP contribution >= 0.6 is 22.9 Å². The van der Waals surface area contributed by atoms with E-state index in [0.29, 0.717) is 10.9 Å². The normalized spacial score (nSPS) is 19.6. The van der Waals surface area contributed by atoms with Crippen LogP contribution < -0.4 is 5.32 Å². The molecule has 0 saturated heterocycles. The average Bonchev–Trinajstić information content (AvgIpc) is 2.92. The third kappa shape index (κ3) is 2.50. The summed E-state index contributed by atoms with van der Waals surface area (Å²) >= 11 is 8.11. The van der Waals surface area contributed by atoms with Gasteiger partial charge in [-0.3, -0.25) is 0 Å². The molecule has 2 atom stereocenters. The van der Waals surface area contributed by atoms with Crippen molar-refractivity contribution in [1.29, 1.82) is 0 Å². The Bertz CT molecular complexity index is 610. The van der Waals surface area contributed by atoms with Gasteiger partial charge < -0.3 is 5.32 Å². The maximum Gasteiger partial charge on any atom is 0.123 e. The lowest BCUT2D eigenvalue weighted by atomic mass is 9.80. The Morgan fingerprint density at radius 1 is 1.40 bits per heavy atom. The molecule has 1 aromatic heterocycles. The molecule has 0 radical (unpaired) electrons. The van der Waals surface area contributed by atoms with Gasteiger partial charge in [-0.05, 0) is 67.1 Å². The van der Waals surface area contributed by atoms with Crippen molar-refractivity contribution < 1.29 is 4.39 Å². The largest absolute Gasteiger partial charge is 0.312 e. The lowest BCUT2D eigenvalue weighted by Crippen LogP contribution is -2.26. The van der Waals surface area contributed by atoms with Gasteiger partial charge in [-0.15, -0.1) is 11.3 Å². The van der Waals surface area contributed by atoms with E-state index in [0.717, 1.165) is 18.4 Å². The number of halogens is 2. The van der Waals surface area contributed by atoms with Gasteiger partial charge in [0.15, 0.2) is 0 Å². The highest BCUT2D eigenvalue weighted by Crippen LogP contribution is 2.43. The first-order valence-electron chi connectivity index (χ1n) is 6.89. The van der Waals surface area contributed by atoms with E-state index < -0.39 is 0 Å². The van der Waals surface area contributed by atoms with E-state index in [1.165, 1.54) is 22.9 Å². The SMILES string of the molecule is CNC(c1cc(F)ccc1Cl)C1CCCc2sccc21. The molecule has 4 heteroatoms. The number of nitrogens with one attached hydrogen (secondary N) is 1. The van der Waals surface area contributed by atoms with Gasteiger partial charge in [-0.2, -0.15) is 0 Å². The van der Waals surface area contributed by atoms with Crippen LogP contribution in [0, 0.1) is 5.82 Å². The Morgan fingerprint density at radius 3 is 3.05 bits per heavy atom. The van der Waals surface area contributed by atoms with Crippen molar-refractivity contribution in [2.24, 2.45) is 0 Å². The van der Waals surface area contributed by atoms with Crippen molar-refractivity contribution in [3.05, 3.63) is 56.5 Å². The number of benzene rings is 1. The first-order chi connectivity index (χ1) is 9.70. The molecule has 0 bridgehead atoms. The van der Waals surface area contributed by atoms with Gasteiger partial charge in [0.05, 0.1) is 0 Å². The molecule has 1 N–H and O–H groups in total. The number of likely N-dealkylation sites (N-methyl/N-ethyl adjacent to an activating group) is 1. The second-order valence-corrected chi connectivity index (χ2v) is 6.64. The minimum atomic E-state index is -0.231. The van der Waals surface area contributed by atoms with Crippen LogP contribution in [0.1, 0.15) is 40.8 Å². The summed E-state index contributed by atoms with van der Waals surface area (Å²) in [4.78, 5) is 1.47. The molecular formula is C16H17ClFNS. The zero-order valence-corrected chi connectivity index (χ0v) is 12.9. The number of thiophene rings is 1. The number of rotatable bonds is 3. The van der Waals surface area contributed by atoms with Crippen LogP contribution in [0.4, 0.5) is 4.39 Å². The fourth-order valence-corrected chi connectivity index (χ4v) is 4.43. The van der Waals surface area contributed by atoms with Crippen LogP contribution in [-0.2, 0) is 6.42 Å². The fraction of sp³-hybridized carbons (Fsp3) is 0.375. The molecular weight excluding hydrogens is 293 g/mol. The topological polar surface area (TPSA) is 12.0 Å². The molecule has 106 valence electrons. The summed E-state index contributed by atoms with van der Waals surface area (Å²) in [6.45, 7) is 0. The zero-order chi connectivity index (χ0) is 14.1. The van der Waals surface area contributed by atoms with Crippen molar-refractivity contribution in [2.75, 3.05) is 7.05 Å². The van der Waals surface area contributed by atoms with Crippen molar-refractivity contribution >= 4 is 22.9 Å². The van der Waals surface area contributed by atoms with Crippen LogP contribution in [0.15, 0.2) is 29.6 Å². The Balaban J connectivity index is 2.01. The Hall–Kier alpha value is -0.900. The minimum absolute atomic E-state index is 0.0619. The molecule has 2 aromatic rings. The van der Waals surface area contributed by atoms with Crippen LogP contribution in [0.25, 0.3) is 0 Å². The lowest BCUT2D eigenvalue weighted by Gasteiger charge is -2.31. The summed E-state index contributed by atoms with van der Waals surface area (Å²) in [6, 6.07) is 6.89. The second kappa shape index (κ2) is 5.84. The van der Waals surface area contributed by atoms with E-state index in [1.807, 2.05) is 18.4 Å². The van der Waals surface area contributed by atoms with E-state index in [2.05, 4.69) is 16.8 Å².